The molecule has 0 saturated heterocycles. The van der Waals surface area contributed by atoms with Crippen LogP contribution in [0.5, 0.6) is 0 Å². The van der Waals surface area contributed by atoms with E-state index in [1.165, 1.54) is 10.8 Å². The van der Waals surface area contributed by atoms with Crippen LogP contribution in [0.15, 0.2) is 42.5 Å². The second-order valence-electron chi connectivity index (χ2n) is 4.27. The lowest BCUT2D eigenvalue weighted by molar-refractivity contribution is 0.184. The molecule has 16 heavy (non-hydrogen) atoms. The van der Waals surface area contributed by atoms with Gasteiger partial charge >= 0.3 is 0 Å². The van der Waals surface area contributed by atoms with Crippen molar-refractivity contribution < 1.29 is 5.11 Å². The zero-order valence-corrected chi connectivity index (χ0v) is 9.70. The molecule has 0 radical (unpaired) electrons. The number of likely N-dealkylation sites (N-methyl/N-ethyl adjacent to an activating group) is 1. The van der Waals surface area contributed by atoms with Gasteiger partial charge in [0.05, 0.1) is 12.1 Å². The number of rotatable bonds is 3. The third-order valence-electron chi connectivity index (χ3n) is 3.25. The minimum absolute atomic E-state index is 0.0809. The Kier molecular flexibility index (Phi) is 2.95. The van der Waals surface area contributed by atoms with Gasteiger partial charge in [0.25, 0.3) is 0 Å². The minimum atomic E-state index is -0.388. The fraction of sp³-hybridized carbons (Fsp3) is 0.286. The first-order valence-corrected chi connectivity index (χ1v) is 5.49. The standard InChI is InChI=1S/C14H17NO/c1-14(10-16,15-2)13-9-5-7-11-6-3-4-8-12(11)13/h3-9,15-16H,10H2,1-2H3. The van der Waals surface area contributed by atoms with Gasteiger partial charge in [-0.2, -0.15) is 0 Å². The highest BCUT2D eigenvalue weighted by Crippen LogP contribution is 2.27. The molecule has 0 bridgehead atoms. The molecule has 0 amide bonds. The van der Waals surface area contributed by atoms with Crippen LogP contribution in [-0.4, -0.2) is 18.8 Å². The highest BCUT2D eigenvalue weighted by molar-refractivity contribution is 5.86. The molecule has 84 valence electrons. The summed E-state index contributed by atoms with van der Waals surface area (Å²) in [6.45, 7) is 2.09. The van der Waals surface area contributed by atoms with Gasteiger partial charge in [0.1, 0.15) is 0 Å². The number of aliphatic hydroxyl groups is 1. The minimum Gasteiger partial charge on any atom is -0.394 e. The number of nitrogens with one attached hydrogen (secondary N) is 1. The van der Waals surface area contributed by atoms with Gasteiger partial charge < -0.3 is 10.4 Å². The van der Waals surface area contributed by atoms with Crippen molar-refractivity contribution in [3.63, 3.8) is 0 Å². The van der Waals surface area contributed by atoms with Gasteiger partial charge in [-0.05, 0) is 30.3 Å². The van der Waals surface area contributed by atoms with Crippen molar-refractivity contribution in [2.75, 3.05) is 13.7 Å². The Balaban J connectivity index is 2.69. The first-order valence-electron chi connectivity index (χ1n) is 5.49. The molecule has 0 aliphatic rings. The van der Waals surface area contributed by atoms with Gasteiger partial charge in [-0.3, -0.25) is 0 Å². The third kappa shape index (κ3) is 1.70. The summed E-state index contributed by atoms with van der Waals surface area (Å²) in [6, 6.07) is 14.4. The molecule has 0 aromatic heterocycles. The van der Waals surface area contributed by atoms with E-state index in [-0.39, 0.29) is 12.1 Å². The Hall–Kier alpha value is -1.38. The van der Waals surface area contributed by atoms with E-state index in [0.717, 1.165) is 5.56 Å². The lowest BCUT2D eigenvalue weighted by atomic mass is 9.89. The van der Waals surface area contributed by atoms with E-state index in [4.69, 9.17) is 0 Å². The smallest absolute Gasteiger partial charge is 0.0652 e. The summed E-state index contributed by atoms with van der Waals surface area (Å²) in [7, 11) is 1.87. The average Bonchev–Trinajstić information content (AvgIpc) is 2.37. The number of fused-ring (bicyclic) bond motifs is 1. The fourth-order valence-electron chi connectivity index (χ4n) is 2.01. The second-order valence-corrected chi connectivity index (χ2v) is 4.27. The van der Waals surface area contributed by atoms with Crippen molar-refractivity contribution in [1.29, 1.82) is 0 Å². The van der Waals surface area contributed by atoms with Crippen molar-refractivity contribution in [1.82, 2.24) is 5.32 Å². The molecule has 0 heterocycles. The Morgan fingerprint density at radius 1 is 1.12 bits per heavy atom. The Bertz CT molecular complexity index is 484. The normalized spacial score (nSPS) is 14.9. The molecule has 2 rings (SSSR count). The van der Waals surface area contributed by atoms with E-state index in [9.17, 15) is 5.11 Å². The largest absolute Gasteiger partial charge is 0.394 e. The van der Waals surface area contributed by atoms with E-state index in [2.05, 4.69) is 29.6 Å². The zero-order valence-electron chi connectivity index (χ0n) is 9.70. The first-order chi connectivity index (χ1) is 7.71. The molecule has 0 saturated carbocycles. The van der Waals surface area contributed by atoms with Gasteiger partial charge in [-0.25, -0.2) is 0 Å². The third-order valence-corrected chi connectivity index (χ3v) is 3.25. The van der Waals surface area contributed by atoms with Crippen LogP contribution in [0.3, 0.4) is 0 Å². The molecule has 0 spiro atoms. The van der Waals surface area contributed by atoms with Gasteiger partial charge in [0.2, 0.25) is 0 Å². The highest BCUT2D eigenvalue weighted by Gasteiger charge is 2.24. The van der Waals surface area contributed by atoms with Crippen molar-refractivity contribution in [2.45, 2.75) is 12.5 Å². The molecule has 0 fully saturated rings. The van der Waals surface area contributed by atoms with Crippen LogP contribution in [0.1, 0.15) is 12.5 Å². The maximum Gasteiger partial charge on any atom is 0.0652 e. The quantitative estimate of drug-likeness (QED) is 0.823. The summed E-state index contributed by atoms with van der Waals surface area (Å²) >= 11 is 0. The summed E-state index contributed by atoms with van der Waals surface area (Å²) in [6.07, 6.45) is 0. The van der Waals surface area contributed by atoms with E-state index < -0.39 is 0 Å². The molecule has 2 heteroatoms. The van der Waals surface area contributed by atoms with Gasteiger partial charge in [0.15, 0.2) is 0 Å². The van der Waals surface area contributed by atoms with Crippen LogP contribution in [0.4, 0.5) is 0 Å². The summed E-state index contributed by atoms with van der Waals surface area (Å²) in [5.41, 5.74) is 0.747. The molecule has 0 aliphatic carbocycles. The van der Waals surface area contributed by atoms with Crippen molar-refractivity contribution >= 4 is 10.8 Å². The lowest BCUT2D eigenvalue weighted by Gasteiger charge is -2.28. The van der Waals surface area contributed by atoms with Gasteiger partial charge in [-0.15, -0.1) is 0 Å². The topological polar surface area (TPSA) is 32.3 Å². The van der Waals surface area contributed by atoms with Gasteiger partial charge in [-0.1, -0.05) is 42.5 Å². The Labute approximate surface area is 95.9 Å². The summed E-state index contributed by atoms with van der Waals surface area (Å²) in [5, 5.41) is 15.1. The second kappa shape index (κ2) is 4.24. The van der Waals surface area contributed by atoms with E-state index in [1.807, 2.05) is 32.2 Å². The van der Waals surface area contributed by atoms with Crippen LogP contribution in [-0.2, 0) is 5.54 Å². The number of hydrogen-bond acceptors (Lipinski definition) is 2. The number of aliphatic hydroxyl groups excluding tert-OH is 1. The summed E-state index contributed by atoms with van der Waals surface area (Å²) < 4.78 is 0. The molecule has 0 aliphatic heterocycles. The maximum absolute atomic E-state index is 9.54. The van der Waals surface area contributed by atoms with Crippen LogP contribution in [0.25, 0.3) is 10.8 Å². The van der Waals surface area contributed by atoms with Crippen LogP contribution in [0.2, 0.25) is 0 Å². The Morgan fingerprint density at radius 2 is 1.81 bits per heavy atom. The highest BCUT2D eigenvalue weighted by atomic mass is 16.3. The molecule has 2 aromatic rings. The summed E-state index contributed by atoms with van der Waals surface area (Å²) in [5.74, 6) is 0. The molecule has 2 nitrogen and oxygen atoms in total. The fourth-order valence-corrected chi connectivity index (χ4v) is 2.01. The van der Waals surface area contributed by atoms with Crippen LogP contribution in [0, 0.1) is 0 Å². The van der Waals surface area contributed by atoms with E-state index >= 15 is 0 Å². The first kappa shape index (κ1) is 11.1. The molecule has 1 unspecified atom stereocenters. The molecule has 2 N–H and O–H groups in total. The van der Waals surface area contributed by atoms with E-state index in [1.54, 1.807) is 0 Å². The van der Waals surface area contributed by atoms with Crippen molar-refractivity contribution in [3.8, 4) is 0 Å². The lowest BCUT2D eigenvalue weighted by Crippen LogP contribution is -2.40. The zero-order chi connectivity index (χ0) is 11.6. The molecular weight excluding hydrogens is 198 g/mol. The van der Waals surface area contributed by atoms with Gasteiger partial charge in [0, 0.05) is 0 Å². The van der Waals surface area contributed by atoms with E-state index in [0.29, 0.717) is 0 Å². The number of benzene rings is 2. The van der Waals surface area contributed by atoms with Crippen molar-refractivity contribution in [2.24, 2.45) is 0 Å². The van der Waals surface area contributed by atoms with Crippen LogP contribution < -0.4 is 5.32 Å². The molecular formula is C14H17NO. The van der Waals surface area contributed by atoms with Crippen molar-refractivity contribution in [3.05, 3.63) is 48.0 Å². The number of hydrogen-bond donors (Lipinski definition) is 2. The molecule has 1 atom stereocenters. The predicted octanol–water partition coefficient (Wildman–Crippen LogP) is 2.27. The monoisotopic (exact) mass is 215 g/mol. The predicted molar refractivity (Wildman–Crippen MR) is 67.4 cm³/mol. The molecule has 2 aromatic carbocycles. The summed E-state index contributed by atoms with van der Waals surface area (Å²) in [4.78, 5) is 0. The van der Waals surface area contributed by atoms with Crippen LogP contribution >= 0.6 is 0 Å². The SMILES string of the molecule is CNC(C)(CO)c1cccc2ccccc12. The maximum atomic E-state index is 9.54. The average molecular weight is 215 g/mol. The Morgan fingerprint density at radius 3 is 2.50 bits per heavy atom.